The molecule has 2 aromatic carbocycles. The highest BCUT2D eigenvalue weighted by molar-refractivity contribution is 7.16. The van der Waals surface area contributed by atoms with E-state index in [0.29, 0.717) is 35.3 Å². The topological polar surface area (TPSA) is 97.8 Å². The number of ketones is 1. The van der Waals surface area contributed by atoms with Crippen LogP contribution in [-0.4, -0.2) is 41.3 Å². The van der Waals surface area contributed by atoms with E-state index in [4.69, 9.17) is 14.5 Å². The van der Waals surface area contributed by atoms with Crippen LogP contribution < -0.4 is 4.87 Å². The summed E-state index contributed by atoms with van der Waals surface area (Å²) in [5.74, 6) is -1.96. The molecule has 3 aromatic rings. The molecule has 0 amide bonds. The molecule has 0 radical (unpaired) electrons. The predicted molar refractivity (Wildman–Crippen MR) is 163 cm³/mol. The van der Waals surface area contributed by atoms with Crippen LogP contribution in [0.4, 0.5) is 0 Å². The lowest BCUT2D eigenvalue weighted by Crippen LogP contribution is -2.41. The van der Waals surface area contributed by atoms with Crippen LogP contribution in [0.3, 0.4) is 0 Å². The first kappa shape index (κ1) is 29.1. The molecule has 8 heteroatoms. The summed E-state index contributed by atoms with van der Waals surface area (Å²) in [4.78, 5) is 48.0. The smallest absolute Gasteiger partial charge is 0.315 e. The van der Waals surface area contributed by atoms with E-state index in [-0.39, 0.29) is 29.8 Å². The second kappa shape index (κ2) is 11.1. The molecule has 1 aliphatic heterocycles. The van der Waals surface area contributed by atoms with Crippen molar-refractivity contribution in [1.29, 1.82) is 0 Å². The number of benzene rings is 2. The van der Waals surface area contributed by atoms with E-state index in [1.807, 2.05) is 39.0 Å². The van der Waals surface area contributed by atoms with Gasteiger partial charge in [-0.15, -0.1) is 0 Å². The van der Waals surface area contributed by atoms with Gasteiger partial charge >= 0.3 is 10.8 Å². The van der Waals surface area contributed by atoms with Gasteiger partial charge in [-0.05, 0) is 89.1 Å². The molecule has 0 spiro atoms. The van der Waals surface area contributed by atoms with Crippen LogP contribution in [0.15, 0.2) is 51.4 Å². The highest BCUT2D eigenvalue weighted by Crippen LogP contribution is 2.49. The number of H-pyrrole nitrogens is 1. The molecule has 216 valence electrons. The Morgan fingerprint density at radius 3 is 2.46 bits per heavy atom. The van der Waals surface area contributed by atoms with Crippen LogP contribution in [0.5, 0.6) is 0 Å². The third kappa shape index (κ3) is 5.72. The molecule has 0 saturated carbocycles. The third-order valence-electron chi connectivity index (χ3n) is 7.92. The summed E-state index contributed by atoms with van der Waals surface area (Å²) in [6.07, 6.45) is 0.911. The van der Waals surface area contributed by atoms with Crippen LogP contribution in [0, 0.1) is 26.7 Å². The van der Waals surface area contributed by atoms with Gasteiger partial charge in [0.15, 0.2) is 5.78 Å². The van der Waals surface area contributed by atoms with E-state index in [9.17, 15) is 14.4 Å². The molecular formula is C33H38N2O5S. The Morgan fingerprint density at radius 1 is 1.10 bits per heavy atom. The average molecular weight is 575 g/mol. The lowest BCUT2D eigenvalue weighted by atomic mass is 9.68. The Kier molecular flexibility index (Phi) is 7.92. The zero-order chi connectivity index (χ0) is 29.6. The zero-order valence-electron chi connectivity index (χ0n) is 24.8. The summed E-state index contributed by atoms with van der Waals surface area (Å²) < 4.78 is 12.5. The second-order valence-electron chi connectivity index (χ2n) is 12.2. The minimum absolute atomic E-state index is 0.0191. The van der Waals surface area contributed by atoms with Gasteiger partial charge in [0.2, 0.25) is 0 Å². The molecule has 3 unspecified atom stereocenters. The predicted octanol–water partition coefficient (Wildman–Crippen LogP) is 6.45. The van der Waals surface area contributed by atoms with E-state index >= 15 is 0 Å². The Morgan fingerprint density at radius 2 is 1.80 bits per heavy atom. The number of aromatic amines is 1. The number of Topliss-reactive ketones (excluding diaryl/α,β-unsaturated/α-hetero) is 1. The highest BCUT2D eigenvalue weighted by atomic mass is 32.1. The normalized spacial score (nSPS) is 21.2. The number of aromatic nitrogens is 1. The van der Waals surface area contributed by atoms with E-state index in [1.165, 1.54) is 22.3 Å². The number of ether oxygens (including phenoxy) is 2. The van der Waals surface area contributed by atoms with Gasteiger partial charge in [-0.2, -0.15) is 0 Å². The first-order valence-corrected chi connectivity index (χ1v) is 15.0. The second-order valence-corrected chi connectivity index (χ2v) is 13.1. The number of nitrogens with one attached hydrogen (secondary N) is 1. The van der Waals surface area contributed by atoms with Crippen molar-refractivity contribution < 1.29 is 19.1 Å². The van der Waals surface area contributed by atoms with Crippen molar-refractivity contribution >= 4 is 39.0 Å². The molecule has 0 fully saturated rings. The summed E-state index contributed by atoms with van der Waals surface area (Å²) >= 11 is 1.09. The van der Waals surface area contributed by atoms with Crippen molar-refractivity contribution in [3.8, 4) is 0 Å². The molecule has 3 atom stereocenters. The number of rotatable bonds is 6. The number of aryl methyl sites for hydroxylation is 3. The van der Waals surface area contributed by atoms with Crippen molar-refractivity contribution in [2.45, 2.75) is 78.7 Å². The van der Waals surface area contributed by atoms with E-state index in [2.05, 4.69) is 37.9 Å². The zero-order valence-corrected chi connectivity index (χ0v) is 25.7. The average Bonchev–Trinajstić information content (AvgIpc) is 3.26. The lowest BCUT2D eigenvalue weighted by molar-refractivity contribution is -0.146. The summed E-state index contributed by atoms with van der Waals surface area (Å²) in [7, 11) is 0. The van der Waals surface area contributed by atoms with Crippen molar-refractivity contribution in [2.75, 3.05) is 13.2 Å². The molecule has 41 heavy (non-hydrogen) atoms. The number of hydrogen-bond donors (Lipinski definition) is 1. The molecule has 2 heterocycles. The number of allylic oxidation sites excluding steroid dienone is 2. The molecule has 1 N–H and O–H groups in total. The fourth-order valence-corrected chi connectivity index (χ4v) is 7.39. The monoisotopic (exact) mass is 574 g/mol. The number of hydrogen-bond acceptors (Lipinski definition) is 7. The number of carbonyl (C=O) groups excluding carboxylic acids is 2. The third-order valence-corrected chi connectivity index (χ3v) is 8.86. The molecule has 7 nitrogen and oxygen atoms in total. The van der Waals surface area contributed by atoms with Crippen LogP contribution in [0.1, 0.15) is 80.2 Å². The molecule has 0 bridgehead atoms. The summed E-state index contributed by atoms with van der Waals surface area (Å²) in [6, 6.07) is 9.94. The van der Waals surface area contributed by atoms with Gasteiger partial charge in [0.1, 0.15) is 5.92 Å². The summed E-state index contributed by atoms with van der Waals surface area (Å²) in [6.45, 7) is 14.3. The molecular weight excluding hydrogens is 536 g/mol. The number of fused-ring (bicyclic) bond motifs is 1. The first-order valence-electron chi connectivity index (χ1n) is 14.2. The van der Waals surface area contributed by atoms with Crippen LogP contribution in [0.25, 0.3) is 10.2 Å². The van der Waals surface area contributed by atoms with E-state index in [1.54, 1.807) is 6.92 Å². The largest absolute Gasteiger partial charge is 0.465 e. The molecule has 1 aliphatic carbocycles. The molecule has 2 aliphatic rings. The van der Waals surface area contributed by atoms with Gasteiger partial charge in [-0.25, -0.2) is 0 Å². The quantitative estimate of drug-likeness (QED) is 0.341. The Bertz CT molecular complexity index is 1630. The standard InChI is InChI=1S/C33H38N2O5S/c1-8-39-31(37)29-24(16-40-33(5,6)7)34-23-14-20(26-18(3)12-17(2)13-19(26)4)15-25(36)28(23)27(29)21-10-9-11-22-30(21)41-32(38)35-22/h9-13,20,27,29H,8,14-16H2,1-7H3,(H,35,38). The first-order chi connectivity index (χ1) is 19.4. The maximum absolute atomic E-state index is 14.2. The van der Waals surface area contributed by atoms with Gasteiger partial charge in [-0.1, -0.05) is 41.2 Å². The van der Waals surface area contributed by atoms with Gasteiger partial charge in [0.05, 0.1) is 34.7 Å². The Hall–Kier alpha value is -3.36. The fraction of sp³-hybridized carbons (Fsp3) is 0.455. The number of nitrogens with zero attached hydrogens (tertiary/aromatic N) is 1. The van der Waals surface area contributed by atoms with E-state index in [0.717, 1.165) is 21.6 Å². The minimum atomic E-state index is -0.845. The van der Waals surface area contributed by atoms with Crippen LogP contribution >= 0.6 is 11.3 Å². The van der Waals surface area contributed by atoms with Crippen LogP contribution in [0.2, 0.25) is 0 Å². The van der Waals surface area contributed by atoms with Crippen molar-refractivity contribution in [1.82, 2.24) is 4.98 Å². The number of carbonyl (C=O) groups is 2. The molecule has 5 rings (SSSR count). The van der Waals surface area contributed by atoms with Crippen molar-refractivity contribution in [3.05, 3.63) is 79.1 Å². The Balaban J connectivity index is 1.72. The highest BCUT2D eigenvalue weighted by Gasteiger charge is 2.47. The van der Waals surface area contributed by atoms with Crippen molar-refractivity contribution in [2.24, 2.45) is 10.9 Å². The minimum Gasteiger partial charge on any atom is -0.465 e. The number of esters is 1. The summed E-state index contributed by atoms with van der Waals surface area (Å²) in [5, 5.41) is 0. The van der Waals surface area contributed by atoms with Gasteiger partial charge in [0, 0.05) is 23.6 Å². The Labute approximate surface area is 244 Å². The maximum Gasteiger partial charge on any atom is 0.315 e. The molecule has 1 aromatic heterocycles. The maximum atomic E-state index is 14.2. The van der Waals surface area contributed by atoms with Gasteiger partial charge in [-0.3, -0.25) is 19.4 Å². The van der Waals surface area contributed by atoms with E-state index < -0.39 is 23.4 Å². The number of aliphatic imine (C=N–C) groups is 1. The number of thiazole rings is 1. The van der Waals surface area contributed by atoms with Crippen molar-refractivity contribution in [3.63, 3.8) is 0 Å². The van der Waals surface area contributed by atoms with Crippen LogP contribution in [-0.2, 0) is 19.1 Å². The fourth-order valence-electron chi connectivity index (χ4n) is 6.50. The summed E-state index contributed by atoms with van der Waals surface area (Å²) in [5.41, 5.74) is 7.50. The molecule has 0 saturated heterocycles. The van der Waals surface area contributed by atoms with Gasteiger partial charge in [0.25, 0.3) is 0 Å². The lowest BCUT2D eigenvalue weighted by Gasteiger charge is -2.38. The van der Waals surface area contributed by atoms with Gasteiger partial charge < -0.3 is 14.5 Å². The SMILES string of the molecule is CCOC(=O)C1C(COC(C)(C)C)=NC2=C(C(=O)CC(c3c(C)cc(C)cc3C)C2)C1c1cccc2[nH]c(=O)sc12.